The highest BCUT2D eigenvalue weighted by atomic mass is 16.6. The number of hydrogen-bond donors (Lipinski definition) is 0. The van der Waals surface area contributed by atoms with Crippen molar-refractivity contribution in [2.45, 2.75) is 164 Å². The maximum Gasteiger partial charge on any atom is 0.312 e. The molecular weight excluding hydrogens is 608 g/mol. The van der Waals surface area contributed by atoms with Crippen molar-refractivity contribution in [2.24, 2.45) is 37.9 Å². The van der Waals surface area contributed by atoms with Crippen LogP contribution >= 0.6 is 0 Å². The first kappa shape index (κ1) is 53.1. The number of rotatable bonds is 3. The summed E-state index contributed by atoms with van der Waals surface area (Å²) >= 11 is 0. The summed E-state index contributed by atoms with van der Waals surface area (Å²) in [6.07, 6.45) is 2.17. The molecule has 0 aliphatic carbocycles. The number of carbonyl (C=O) groups is 3. The fourth-order valence-electron chi connectivity index (χ4n) is 3.78. The van der Waals surface area contributed by atoms with E-state index in [1.165, 1.54) is 7.11 Å². The third-order valence-corrected chi connectivity index (χ3v) is 10.1. The van der Waals surface area contributed by atoms with E-state index in [-0.39, 0.29) is 60.0 Å². The van der Waals surface area contributed by atoms with Gasteiger partial charge in [0.15, 0.2) is 0 Å². The summed E-state index contributed by atoms with van der Waals surface area (Å²) in [5.41, 5.74) is 0.592. The van der Waals surface area contributed by atoms with Gasteiger partial charge in [0.2, 0.25) is 0 Å². The molecule has 3 fully saturated rings. The van der Waals surface area contributed by atoms with Gasteiger partial charge in [-0.1, -0.05) is 112 Å². The molecule has 0 saturated carbocycles. The maximum absolute atomic E-state index is 11.1. The van der Waals surface area contributed by atoms with Gasteiger partial charge in [-0.25, -0.2) is 0 Å². The molecule has 0 spiro atoms. The Kier molecular flexibility index (Phi) is 21.8. The van der Waals surface area contributed by atoms with Gasteiger partial charge in [0.05, 0.1) is 45.2 Å². The van der Waals surface area contributed by atoms with E-state index in [1.807, 2.05) is 48.5 Å². The van der Waals surface area contributed by atoms with E-state index in [1.54, 1.807) is 7.11 Å². The molecule has 8 heteroatoms. The predicted molar refractivity (Wildman–Crippen MR) is 201 cm³/mol. The van der Waals surface area contributed by atoms with Gasteiger partial charge in [-0.2, -0.15) is 0 Å². The third kappa shape index (κ3) is 18.4. The summed E-state index contributed by atoms with van der Waals surface area (Å²) < 4.78 is 24.8. The summed E-state index contributed by atoms with van der Waals surface area (Å²) in [5.74, 6) is -0.282. The zero-order valence-corrected chi connectivity index (χ0v) is 33.7. The molecule has 48 heavy (non-hydrogen) atoms. The number of ether oxygens (including phenoxy) is 5. The smallest absolute Gasteiger partial charge is 0.312 e. The van der Waals surface area contributed by atoms with E-state index < -0.39 is 0 Å². The molecular formula is C40H82O8. The Morgan fingerprint density at radius 1 is 0.688 bits per heavy atom. The van der Waals surface area contributed by atoms with Crippen molar-refractivity contribution in [1.29, 1.82) is 0 Å². The van der Waals surface area contributed by atoms with Crippen molar-refractivity contribution in [1.82, 2.24) is 0 Å². The molecule has 3 heterocycles. The number of carbonyl (C=O) groups excluding carboxylic acids is 3. The lowest BCUT2D eigenvalue weighted by molar-refractivity contribution is -0.148. The highest BCUT2D eigenvalue weighted by molar-refractivity contribution is 5.79. The van der Waals surface area contributed by atoms with Crippen LogP contribution in [0.5, 0.6) is 0 Å². The van der Waals surface area contributed by atoms with Gasteiger partial charge in [-0.3, -0.25) is 14.4 Å². The minimum Gasteiger partial charge on any atom is -0.469 e. The Bertz CT molecular complexity index is 922. The molecule has 0 aromatic carbocycles. The second-order valence-corrected chi connectivity index (χ2v) is 19.0. The van der Waals surface area contributed by atoms with Gasteiger partial charge < -0.3 is 23.7 Å². The Morgan fingerprint density at radius 3 is 1.23 bits per heavy atom. The number of hydrogen-bond acceptors (Lipinski definition) is 8. The highest BCUT2D eigenvalue weighted by Crippen LogP contribution is 2.45. The minimum atomic E-state index is -0.312. The van der Waals surface area contributed by atoms with Crippen LogP contribution in [-0.4, -0.2) is 64.2 Å². The second kappa shape index (κ2) is 19.7. The van der Waals surface area contributed by atoms with Crippen LogP contribution in [0.2, 0.25) is 0 Å². The number of cyclic esters (lactones) is 2. The molecule has 0 N–H and O–H groups in total. The van der Waals surface area contributed by atoms with Crippen LogP contribution in [0, 0.1) is 37.9 Å². The van der Waals surface area contributed by atoms with Crippen LogP contribution in [0.4, 0.5) is 0 Å². The monoisotopic (exact) mass is 691 g/mol. The van der Waals surface area contributed by atoms with Gasteiger partial charge >= 0.3 is 17.9 Å². The SMILES string of the molecule is C.C.CC1(C)CC(=O)OC1(C)C.CC1(C)COC(=O)C1(C)C.CC1(C)COCC1(C)C.COC(=O)CC(C)(C)C.COCCC(C)(C)C. The number of methoxy groups -OCH3 is 2. The van der Waals surface area contributed by atoms with Crippen LogP contribution in [0.1, 0.15) is 159 Å². The standard InChI is InChI=1S/2C8H14O2.C8H16O.C7H14O2.C7H16O.2CH4/c1-7(2)5-10-6(9)8(7,3)4;1-7(2)5-6(9)10-8(7,3)4;1-7(2)5-9-6-8(7,3)4;1-7(2,3)5-6(8)9-4;1-7(2,3)5-6-8-4;;/h2*5H2,1-4H3;5-6H2,1-4H3;5H2,1-4H3;5-6H2,1-4H3;2*1H4. The van der Waals surface area contributed by atoms with Gasteiger partial charge in [0.1, 0.15) is 5.60 Å². The molecule has 0 aromatic heterocycles. The first-order valence-electron chi connectivity index (χ1n) is 16.7. The quantitative estimate of drug-likeness (QED) is 0.213. The van der Waals surface area contributed by atoms with E-state index in [9.17, 15) is 14.4 Å². The normalized spacial score (nSPS) is 21.6. The van der Waals surface area contributed by atoms with E-state index in [4.69, 9.17) is 18.9 Å². The zero-order valence-electron chi connectivity index (χ0n) is 33.7. The average molecular weight is 691 g/mol. The summed E-state index contributed by atoms with van der Waals surface area (Å²) in [6.45, 7) is 41.0. The molecule has 0 atom stereocenters. The van der Waals surface area contributed by atoms with Crippen LogP contribution in [-0.2, 0) is 38.1 Å². The molecule has 0 amide bonds. The largest absolute Gasteiger partial charge is 0.469 e. The molecule has 3 rings (SSSR count). The number of esters is 3. The van der Waals surface area contributed by atoms with Gasteiger partial charge in [-0.15, -0.1) is 0 Å². The maximum atomic E-state index is 11.1. The molecule has 0 unspecified atom stereocenters. The Labute approximate surface area is 298 Å². The Morgan fingerprint density at radius 2 is 1.12 bits per heavy atom. The van der Waals surface area contributed by atoms with E-state index in [0.717, 1.165) is 26.2 Å². The molecule has 3 aliphatic rings. The predicted octanol–water partition coefficient (Wildman–Crippen LogP) is 10.3. The van der Waals surface area contributed by atoms with Crippen LogP contribution < -0.4 is 0 Å². The molecule has 290 valence electrons. The lowest BCUT2D eigenvalue weighted by Crippen LogP contribution is -2.34. The highest BCUT2D eigenvalue weighted by Gasteiger charge is 2.50. The lowest BCUT2D eigenvalue weighted by Gasteiger charge is -2.31. The fraction of sp³-hybridized carbons (Fsp3) is 0.925. The zero-order chi connectivity index (χ0) is 37.2. The summed E-state index contributed by atoms with van der Waals surface area (Å²) in [4.78, 5) is 32.5. The van der Waals surface area contributed by atoms with Gasteiger partial charge in [0.25, 0.3) is 0 Å². The van der Waals surface area contributed by atoms with Crippen molar-refractivity contribution in [3.63, 3.8) is 0 Å². The van der Waals surface area contributed by atoms with Crippen LogP contribution in [0.3, 0.4) is 0 Å². The van der Waals surface area contributed by atoms with E-state index >= 15 is 0 Å². The van der Waals surface area contributed by atoms with Gasteiger partial charge in [-0.05, 0) is 55.8 Å². The van der Waals surface area contributed by atoms with Crippen LogP contribution in [0.25, 0.3) is 0 Å². The summed E-state index contributed by atoms with van der Waals surface area (Å²) in [7, 11) is 3.15. The first-order valence-corrected chi connectivity index (χ1v) is 16.7. The Balaban J connectivity index is -0.000000250. The van der Waals surface area contributed by atoms with E-state index in [0.29, 0.717) is 35.7 Å². The van der Waals surface area contributed by atoms with Gasteiger partial charge in [0, 0.05) is 24.5 Å². The fourth-order valence-corrected chi connectivity index (χ4v) is 3.78. The average Bonchev–Trinajstić information content (AvgIpc) is 3.28. The lowest BCUT2D eigenvalue weighted by atomic mass is 9.70. The van der Waals surface area contributed by atoms with Crippen molar-refractivity contribution < 1.29 is 38.1 Å². The molecule has 3 saturated heterocycles. The Hall–Kier alpha value is -1.67. The molecule has 0 aromatic rings. The first-order chi connectivity index (χ1) is 20.2. The van der Waals surface area contributed by atoms with Crippen molar-refractivity contribution in [3.8, 4) is 0 Å². The molecule has 0 bridgehead atoms. The summed E-state index contributed by atoms with van der Waals surface area (Å²) in [6, 6.07) is 0. The van der Waals surface area contributed by atoms with Crippen molar-refractivity contribution >= 4 is 17.9 Å². The minimum absolute atomic E-state index is 0. The topological polar surface area (TPSA) is 97.4 Å². The molecule has 0 radical (unpaired) electrons. The second-order valence-electron chi connectivity index (χ2n) is 19.0. The third-order valence-electron chi connectivity index (χ3n) is 10.1. The van der Waals surface area contributed by atoms with Crippen LogP contribution in [0.15, 0.2) is 0 Å². The van der Waals surface area contributed by atoms with Crippen molar-refractivity contribution in [2.75, 3.05) is 40.6 Å². The molecule has 3 aliphatic heterocycles. The van der Waals surface area contributed by atoms with Crippen molar-refractivity contribution in [3.05, 3.63) is 0 Å². The van der Waals surface area contributed by atoms with E-state index in [2.05, 4.69) is 80.9 Å². The summed E-state index contributed by atoms with van der Waals surface area (Å²) in [5, 5.41) is 0. The molecule has 8 nitrogen and oxygen atoms in total.